The fraction of sp³-hybridized carbons (Fsp3) is 0.462. The maximum atomic E-state index is 9.14. The highest BCUT2D eigenvalue weighted by Gasteiger charge is 2.45. The molecule has 0 aromatic heterocycles. The Bertz CT molecular complexity index is 423. The number of nitrogen functional groups attached to an aromatic ring is 1. The summed E-state index contributed by atoms with van der Waals surface area (Å²) in [6.07, 6.45) is 1.95. The number of nitrogens with zero attached hydrogens (tertiary/aromatic N) is 1. The molecule has 0 spiro atoms. The van der Waals surface area contributed by atoms with E-state index < -0.39 is 0 Å². The SMILES string of the molecule is CC(C)c1cc(N)cc(C2(C#N)CC2)c1. The van der Waals surface area contributed by atoms with Crippen molar-refractivity contribution in [2.24, 2.45) is 0 Å². The van der Waals surface area contributed by atoms with Crippen molar-refractivity contribution in [2.75, 3.05) is 5.73 Å². The first-order valence-electron chi connectivity index (χ1n) is 5.39. The first-order chi connectivity index (χ1) is 7.07. The summed E-state index contributed by atoms with van der Waals surface area (Å²) < 4.78 is 0. The van der Waals surface area contributed by atoms with Crippen LogP contribution in [0.1, 0.15) is 43.7 Å². The standard InChI is InChI=1S/C13H16N2/c1-9(2)10-5-11(7-12(15)6-10)13(8-14)3-4-13/h5-7,9H,3-4,15H2,1-2H3. The van der Waals surface area contributed by atoms with Gasteiger partial charge in [-0.2, -0.15) is 5.26 Å². The van der Waals surface area contributed by atoms with Crippen molar-refractivity contribution >= 4 is 5.69 Å². The predicted molar refractivity (Wildman–Crippen MR) is 61.5 cm³/mol. The van der Waals surface area contributed by atoms with Gasteiger partial charge in [0.05, 0.1) is 11.5 Å². The van der Waals surface area contributed by atoms with E-state index in [0.29, 0.717) is 5.92 Å². The van der Waals surface area contributed by atoms with Gasteiger partial charge >= 0.3 is 0 Å². The van der Waals surface area contributed by atoms with Gasteiger partial charge in [-0.1, -0.05) is 19.9 Å². The van der Waals surface area contributed by atoms with Gasteiger partial charge in [-0.3, -0.25) is 0 Å². The lowest BCUT2D eigenvalue weighted by molar-refractivity contribution is 0.847. The van der Waals surface area contributed by atoms with Gasteiger partial charge in [0.15, 0.2) is 0 Å². The fourth-order valence-electron chi connectivity index (χ4n) is 1.88. The van der Waals surface area contributed by atoms with E-state index in [1.807, 2.05) is 12.1 Å². The van der Waals surface area contributed by atoms with E-state index in [9.17, 15) is 0 Å². The minimum absolute atomic E-state index is 0.223. The number of anilines is 1. The lowest BCUT2D eigenvalue weighted by Gasteiger charge is -2.12. The average Bonchev–Trinajstić information content (AvgIpc) is 2.97. The number of nitrogens with two attached hydrogens (primary N) is 1. The summed E-state index contributed by atoms with van der Waals surface area (Å²) in [5.74, 6) is 0.460. The molecule has 1 aliphatic carbocycles. The van der Waals surface area contributed by atoms with E-state index in [2.05, 4.69) is 26.0 Å². The minimum Gasteiger partial charge on any atom is -0.399 e. The van der Waals surface area contributed by atoms with E-state index >= 15 is 0 Å². The molecule has 15 heavy (non-hydrogen) atoms. The molecule has 1 aliphatic rings. The van der Waals surface area contributed by atoms with Gasteiger partial charge in [-0.15, -0.1) is 0 Å². The average molecular weight is 200 g/mol. The minimum atomic E-state index is -0.223. The molecule has 0 saturated heterocycles. The molecule has 2 rings (SSSR count). The molecule has 0 amide bonds. The normalized spacial score (nSPS) is 17.5. The summed E-state index contributed by atoms with van der Waals surface area (Å²) in [5, 5.41) is 9.14. The number of rotatable bonds is 2. The number of hydrogen-bond donors (Lipinski definition) is 1. The van der Waals surface area contributed by atoms with Crippen molar-refractivity contribution in [3.05, 3.63) is 29.3 Å². The van der Waals surface area contributed by atoms with Crippen LogP contribution in [0.25, 0.3) is 0 Å². The van der Waals surface area contributed by atoms with E-state index in [0.717, 1.165) is 24.1 Å². The first-order valence-corrected chi connectivity index (χ1v) is 5.39. The van der Waals surface area contributed by atoms with Crippen LogP contribution in [0.4, 0.5) is 5.69 Å². The molecule has 2 nitrogen and oxygen atoms in total. The Labute approximate surface area is 90.7 Å². The first kappa shape index (κ1) is 10.0. The summed E-state index contributed by atoms with van der Waals surface area (Å²) >= 11 is 0. The van der Waals surface area contributed by atoms with Crippen LogP contribution < -0.4 is 5.73 Å². The molecule has 0 aliphatic heterocycles. The van der Waals surface area contributed by atoms with Crippen LogP contribution in [0.3, 0.4) is 0 Å². The molecule has 1 saturated carbocycles. The van der Waals surface area contributed by atoms with Gasteiger partial charge in [0, 0.05) is 5.69 Å². The quantitative estimate of drug-likeness (QED) is 0.746. The van der Waals surface area contributed by atoms with Crippen molar-refractivity contribution in [3.8, 4) is 6.07 Å². The van der Waals surface area contributed by atoms with Gasteiger partial charge in [-0.05, 0) is 42.0 Å². The Balaban J connectivity index is 2.46. The number of hydrogen-bond acceptors (Lipinski definition) is 2. The van der Waals surface area contributed by atoms with E-state index in [1.165, 1.54) is 5.56 Å². The van der Waals surface area contributed by atoms with Crippen LogP contribution in [0.5, 0.6) is 0 Å². The Morgan fingerprint density at radius 3 is 2.47 bits per heavy atom. The molecule has 1 fully saturated rings. The second-order valence-corrected chi connectivity index (χ2v) is 4.74. The van der Waals surface area contributed by atoms with Crippen LogP contribution in [0.2, 0.25) is 0 Å². The van der Waals surface area contributed by atoms with Crippen LogP contribution in [-0.4, -0.2) is 0 Å². The molecule has 2 heteroatoms. The molecule has 2 N–H and O–H groups in total. The monoisotopic (exact) mass is 200 g/mol. The Morgan fingerprint density at radius 2 is 2.00 bits per heavy atom. The zero-order chi connectivity index (χ0) is 11.1. The largest absolute Gasteiger partial charge is 0.399 e. The second kappa shape index (κ2) is 3.27. The van der Waals surface area contributed by atoms with Crippen molar-refractivity contribution < 1.29 is 0 Å². The fourth-order valence-corrected chi connectivity index (χ4v) is 1.88. The van der Waals surface area contributed by atoms with E-state index in [4.69, 9.17) is 11.0 Å². The molecular weight excluding hydrogens is 184 g/mol. The van der Waals surface area contributed by atoms with E-state index in [1.54, 1.807) is 0 Å². The lowest BCUT2D eigenvalue weighted by Crippen LogP contribution is -2.05. The topological polar surface area (TPSA) is 49.8 Å². The third kappa shape index (κ3) is 1.70. The number of nitriles is 1. The van der Waals surface area contributed by atoms with Crippen molar-refractivity contribution in [2.45, 2.75) is 38.0 Å². The third-order valence-electron chi connectivity index (χ3n) is 3.16. The molecule has 0 atom stereocenters. The Morgan fingerprint density at radius 1 is 1.33 bits per heavy atom. The van der Waals surface area contributed by atoms with Gasteiger partial charge in [0.25, 0.3) is 0 Å². The molecule has 1 aromatic carbocycles. The summed E-state index contributed by atoms with van der Waals surface area (Å²) in [6.45, 7) is 4.29. The van der Waals surface area contributed by atoms with Crippen molar-refractivity contribution in [1.29, 1.82) is 5.26 Å². The Hall–Kier alpha value is -1.49. The molecule has 0 heterocycles. The zero-order valence-electron chi connectivity index (χ0n) is 9.25. The van der Waals surface area contributed by atoms with Crippen molar-refractivity contribution in [1.82, 2.24) is 0 Å². The van der Waals surface area contributed by atoms with Crippen LogP contribution >= 0.6 is 0 Å². The second-order valence-electron chi connectivity index (χ2n) is 4.74. The van der Waals surface area contributed by atoms with Crippen LogP contribution in [0, 0.1) is 11.3 Å². The molecule has 78 valence electrons. The highest BCUT2D eigenvalue weighted by Crippen LogP contribution is 2.48. The maximum absolute atomic E-state index is 9.14. The smallest absolute Gasteiger partial charge is 0.0824 e. The van der Waals surface area contributed by atoms with Crippen molar-refractivity contribution in [3.63, 3.8) is 0 Å². The highest BCUT2D eigenvalue weighted by atomic mass is 14.6. The summed E-state index contributed by atoms with van der Waals surface area (Å²) in [7, 11) is 0. The molecule has 0 unspecified atom stereocenters. The van der Waals surface area contributed by atoms with Crippen LogP contribution in [0.15, 0.2) is 18.2 Å². The molecular formula is C13H16N2. The number of benzene rings is 1. The molecule has 0 bridgehead atoms. The predicted octanol–water partition coefficient (Wildman–Crippen LogP) is 2.95. The zero-order valence-corrected chi connectivity index (χ0v) is 9.25. The van der Waals surface area contributed by atoms with Gasteiger partial charge in [0.2, 0.25) is 0 Å². The van der Waals surface area contributed by atoms with Gasteiger partial charge in [-0.25, -0.2) is 0 Å². The molecule has 1 aromatic rings. The summed E-state index contributed by atoms with van der Waals surface area (Å²) in [6, 6.07) is 8.49. The Kier molecular flexibility index (Phi) is 2.19. The van der Waals surface area contributed by atoms with Gasteiger partial charge < -0.3 is 5.73 Å². The lowest BCUT2D eigenvalue weighted by atomic mass is 9.92. The van der Waals surface area contributed by atoms with Gasteiger partial charge in [0.1, 0.15) is 0 Å². The molecule has 0 radical (unpaired) electrons. The third-order valence-corrected chi connectivity index (χ3v) is 3.16. The summed E-state index contributed by atoms with van der Waals surface area (Å²) in [5.41, 5.74) is 8.75. The van der Waals surface area contributed by atoms with Crippen LogP contribution in [-0.2, 0) is 5.41 Å². The summed E-state index contributed by atoms with van der Waals surface area (Å²) in [4.78, 5) is 0. The maximum Gasteiger partial charge on any atom is 0.0824 e. The highest BCUT2D eigenvalue weighted by molar-refractivity contribution is 5.51. The van der Waals surface area contributed by atoms with E-state index in [-0.39, 0.29) is 5.41 Å².